The van der Waals surface area contributed by atoms with Crippen LogP contribution in [0.1, 0.15) is 35.4 Å². The molecular formula is C21H22O10. The number of carbonyl (C=O) groups excluding carboxylic acids is 1. The third kappa shape index (κ3) is 3.74. The van der Waals surface area contributed by atoms with Gasteiger partial charge in [-0.15, -0.1) is 0 Å². The molecule has 10 heteroatoms. The first-order valence-corrected chi connectivity index (χ1v) is 9.61. The molecule has 0 unspecified atom stereocenters. The average Bonchev–Trinajstić information content (AvgIpc) is 2.74. The summed E-state index contributed by atoms with van der Waals surface area (Å²) < 4.78 is 16.7. The number of benzene rings is 2. The highest BCUT2D eigenvalue weighted by Crippen LogP contribution is 2.46. The molecule has 2 aromatic rings. The highest BCUT2D eigenvalue weighted by Gasteiger charge is 2.43. The lowest BCUT2D eigenvalue weighted by Crippen LogP contribution is -2.58. The van der Waals surface area contributed by atoms with Gasteiger partial charge in [0.15, 0.2) is 28.8 Å². The lowest BCUT2D eigenvalue weighted by molar-refractivity contribution is -0.268. The number of hydrogen-bond donors (Lipinski definition) is 6. The summed E-state index contributed by atoms with van der Waals surface area (Å²) in [5, 5.41) is 59.7. The number of ether oxygens (including phenoxy) is 3. The summed E-state index contributed by atoms with van der Waals surface area (Å²) in [6.07, 6.45) is -7.52. The van der Waals surface area contributed by atoms with Gasteiger partial charge in [-0.3, -0.25) is 4.79 Å². The third-order valence-electron chi connectivity index (χ3n) is 5.45. The number of aliphatic hydroxyl groups excluding tert-OH is 3. The lowest BCUT2D eigenvalue weighted by atomic mass is 9.95. The molecule has 1 saturated heterocycles. The fraction of sp³-hybridized carbons (Fsp3) is 0.381. The predicted molar refractivity (Wildman–Crippen MR) is 103 cm³/mol. The van der Waals surface area contributed by atoms with E-state index < -0.39 is 42.6 Å². The molecule has 2 aliphatic rings. The van der Waals surface area contributed by atoms with Crippen molar-refractivity contribution in [1.82, 2.24) is 0 Å². The second kappa shape index (κ2) is 7.89. The Labute approximate surface area is 176 Å². The summed E-state index contributed by atoms with van der Waals surface area (Å²) in [4.78, 5) is 12.6. The zero-order chi connectivity index (χ0) is 22.4. The molecule has 6 atom stereocenters. The van der Waals surface area contributed by atoms with Crippen molar-refractivity contribution < 1.29 is 49.6 Å². The largest absolute Gasteiger partial charge is 0.504 e. The van der Waals surface area contributed by atoms with Gasteiger partial charge >= 0.3 is 0 Å². The Bertz CT molecular complexity index is 1010. The molecule has 0 bridgehead atoms. The summed E-state index contributed by atoms with van der Waals surface area (Å²) >= 11 is 0. The van der Waals surface area contributed by atoms with E-state index >= 15 is 0 Å². The molecule has 2 aromatic carbocycles. The molecule has 4 rings (SSSR count). The zero-order valence-corrected chi connectivity index (χ0v) is 16.4. The number of hydrogen-bond acceptors (Lipinski definition) is 10. The van der Waals surface area contributed by atoms with E-state index in [9.17, 15) is 35.4 Å². The van der Waals surface area contributed by atoms with E-state index in [0.29, 0.717) is 5.56 Å². The molecule has 0 aromatic heterocycles. The molecule has 2 heterocycles. The van der Waals surface area contributed by atoms with Gasteiger partial charge in [-0.1, -0.05) is 6.07 Å². The molecular weight excluding hydrogens is 412 g/mol. The van der Waals surface area contributed by atoms with Crippen LogP contribution >= 0.6 is 0 Å². The van der Waals surface area contributed by atoms with Crippen LogP contribution in [0.5, 0.6) is 28.7 Å². The smallest absolute Gasteiger partial charge is 0.229 e. The Hall–Kier alpha value is -3.05. The minimum absolute atomic E-state index is 0.0527. The van der Waals surface area contributed by atoms with E-state index in [0.717, 1.165) is 0 Å². The fourth-order valence-corrected chi connectivity index (χ4v) is 3.61. The summed E-state index contributed by atoms with van der Waals surface area (Å²) in [6, 6.07) is 6.70. The number of rotatable bonds is 3. The first kappa shape index (κ1) is 21.2. The van der Waals surface area contributed by atoms with Gasteiger partial charge in [0.25, 0.3) is 0 Å². The van der Waals surface area contributed by atoms with E-state index in [1.54, 1.807) is 0 Å². The Morgan fingerprint density at radius 1 is 0.968 bits per heavy atom. The molecule has 0 amide bonds. The van der Waals surface area contributed by atoms with Crippen molar-refractivity contribution in [3.8, 4) is 28.7 Å². The first-order chi connectivity index (χ1) is 14.7. The van der Waals surface area contributed by atoms with Crippen LogP contribution in [0.15, 0.2) is 30.3 Å². The maximum absolute atomic E-state index is 12.6. The number of phenolic OH excluding ortho intramolecular Hbond substituents is 3. The summed E-state index contributed by atoms with van der Waals surface area (Å²) in [5.74, 6) is -1.84. The highest BCUT2D eigenvalue weighted by atomic mass is 16.7. The maximum Gasteiger partial charge on any atom is 0.229 e. The molecule has 31 heavy (non-hydrogen) atoms. The molecule has 2 aliphatic heterocycles. The van der Waals surface area contributed by atoms with Crippen molar-refractivity contribution in [3.05, 3.63) is 41.5 Å². The second-order valence-electron chi connectivity index (χ2n) is 7.57. The standard InChI is InChI=1S/C21H22O10/c1-8-16(25)18(27)19(28)21(29-8)31-14-5-3-10-12(23)7-15(30-20(10)17(14)26)9-2-4-11(22)13(24)6-9/h2-6,8,15-16,18-19,21-22,24-28H,7H2,1H3/t8-,15-,16+,18+,19-,21+/m1/s1. The van der Waals surface area contributed by atoms with Crippen molar-refractivity contribution in [2.45, 2.75) is 50.2 Å². The topological polar surface area (TPSA) is 166 Å². The van der Waals surface area contributed by atoms with Crippen molar-refractivity contribution in [1.29, 1.82) is 0 Å². The van der Waals surface area contributed by atoms with E-state index in [2.05, 4.69) is 0 Å². The highest BCUT2D eigenvalue weighted by molar-refractivity contribution is 6.01. The summed E-state index contributed by atoms with van der Waals surface area (Å²) in [6.45, 7) is 1.49. The first-order valence-electron chi connectivity index (χ1n) is 9.61. The van der Waals surface area contributed by atoms with Crippen LogP contribution in [0, 0.1) is 0 Å². The van der Waals surface area contributed by atoms with Crippen LogP contribution in [0.25, 0.3) is 0 Å². The molecule has 0 saturated carbocycles. The van der Waals surface area contributed by atoms with E-state index in [1.165, 1.54) is 37.3 Å². The zero-order valence-electron chi connectivity index (χ0n) is 16.4. The summed E-state index contributed by atoms with van der Waals surface area (Å²) in [7, 11) is 0. The number of fused-ring (bicyclic) bond motifs is 1. The van der Waals surface area contributed by atoms with Gasteiger partial charge in [-0.05, 0) is 36.8 Å². The third-order valence-corrected chi connectivity index (χ3v) is 5.45. The quantitative estimate of drug-likeness (QED) is 0.379. The Morgan fingerprint density at radius 2 is 1.71 bits per heavy atom. The number of Topliss-reactive ketones (excluding diaryl/α,β-unsaturated/α-hetero) is 1. The normalized spacial score (nSPS) is 30.4. The van der Waals surface area contributed by atoms with Gasteiger partial charge in [-0.2, -0.15) is 0 Å². The van der Waals surface area contributed by atoms with Crippen LogP contribution in [0.2, 0.25) is 0 Å². The predicted octanol–water partition coefficient (Wildman–Crippen LogP) is 0.716. The molecule has 166 valence electrons. The van der Waals surface area contributed by atoms with Gasteiger partial charge < -0.3 is 44.8 Å². The van der Waals surface area contributed by atoms with Crippen LogP contribution in [0.3, 0.4) is 0 Å². The number of aromatic hydroxyl groups is 3. The van der Waals surface area contributed by atoms with Gasteiger partial charge in [0.2, 0.25) is 12.0 Å². The Balaban J connectivity index is 1.61. The molecule has 6 N–H and O–H groups in total. The van der Waals surface area contributed by atoms with Gasteiger partial charge in [0.05, 0.1) is 18.1 Å². The number of aliphatic hydroxyl groups is 3. The van der Waals surface area contributed by atoms with Crippen molar-refractivity contribution in [2.24, 2.45) is 0 Å². The Morgan fingerprint density at radius 3 is 2.42 bits per heavy atom. The van der Waals surface area contributed by atoms with E-state index in [1.807, 2.05) is 0 Å². The minimum atomic E-state index is -1.59. The van der Waals surface area contributed by atoms with Crippen LogP contribution in [-0.2, 0) is 4.74 Å². The van der Waals surface area contributed by atoms with Gasteiger partial charge in [0.1, 0.15) is 24.4 Å². The Kier molecular flexibility index (Phi) is 5.40. The number of phenols is 3. The SMILES string of the molecule is C[C@H]1O[C@@H](Oc2ccc3c(c2O)O[C@@H](c2ccc(O)c(O)c2)CC3=O)[C@H](O)[C@@H](O)[C@H]1O. The molecule has 1 fully saturated rings. The second-order valence-corrected chi connectivity index (χ2v) is 7.57. The van der Waals surface area contributed by atoms with Crippen LogP contribution < -0.4 is 9.47 Å². The van der Waals surface area contributed by atoms with E-state index in [4.69, 9.17) is 14.2 Å². The van der Waals surface area contributed by atoms with Crippen molar-refractivity contribution >= 4 is 5.78 Å². The van der Waals surface area contributed by atoms with Crippen molar-refractivity contribution in [2.75, 3.05) is 0 Å². The van der Waals surface area contributed by atoms with Crippen LogP contribution in [0.4, 0.5) is 0 Å². The van der Waals surface area contributed by atoms with Crippen molar-refractivity contribution in [3.63, 3.8) is 0 Å². The van der Waals surface area contributed by atoms with Gasteiger partial charge in [-0.25, -0.2) is 0 Å². The van der Waals surface area contributed by atoms with Crippen LogP contribution in [-0.4, -0.2) is 67.1 Å². The monoisotopic (exact) mass is 434 g/mol. The number of ketones is 1. The molecule has 0 radical (unpaired) electrons. The maximum atomic E-state index is 12.6. The fourth-order valence-electron chi connectivity index (χ4n) is 3.61. The summed E-state index contributed by atoms with van der Waals surface area (Å²) in [5.41, 5.74) is 0.537. The number of carbonyl (C=O) groups is 1. The van der Waals surface area contributed by atoms with Gasteiger partial charge in [0, 0.05) is 0 Å². The minimum Gasteiger partial charge on any atom is -0.504 e. The van der Waals surface area contributed by atoms with E-state index in [-0.39, 0.29) is 40.8 Å². The lowest BCUT2D eigenvalue weighted by Gasteiger charge is -2.39. The molecule has 0 aliphatic carbocycles. The molecule has 0 spiro atoms. The molecule has 10 nitrogen and oxygen atoms in total. The average molecular weight is 434 g/mol.